The first-order chi connectivity index (χ1) is 13.8. The summed E-state index contributed by atoms with van der Waals surface area (Å²) in [5, 5.41) is 4.20. The number of hydrogen-bond donors (Lipinski definition) is 1. The van der Waals surface area contributed by atoms with Gasteiger partial charge in [-0.25, -0.2) is 22.2 Å². The molecule has 0 spiro atoms. The number of ketones is 1. The third-order valence-electron chi connectivity index (χ3n) is 4.19. The van der Waals surface area contributed by atoms with Gasteiger partial charge >= 0.3 is 0 Å². The molecule has 0 saturated heterocycles. The topological polar surface area (TPSA) is 98.1 Å². The number of nitrogens with one attached hydrogen (secondary N) is 1. The standard InChI is InChI=1S/C20H18FN3O4S/c1-14(25)15-4-8-18(9-5-15)29(27,28)22-12-13-24-20(26)11-10-19(23-24)16-2-6-17(21)7-3-16/h2-11,22H,12-13H2,1H3. The lowest BCUT2D eigenvalue weighted by Gasteiger charge is -2.09. The predicted molar refractivity (Wildman–Crippen MR) is 106 cm³/mol. The highest BCUT2D eigenvalue weighted by Crippen LogP contribution is 2.15. The quantitative estimate of drug-likeness (QED) is 0.597. The van der Waals surface area contributed by atoms with E-state index in [1.165, 1.54) is 55.5 Å². The number of rotatable bonds is 7. The smallest absolute Gasteiger partial charge is 0.266 e. The maximum absolute atomic E-state index is 13.1. The van der Waals surface area contributed by atoms with Crippen molar-refractivity contribution in [1.29, 1.82) is 0 Å². The minimum Gasteiger partial charge on any atom is -0.295 e. The van der Waals surface area contributed by atoms with E-state index in [9.17, 15) is 22.4 Å². The van der Waals surface area contributed by atoms with E-state index in [0.29, 0.717) is 16.8 Å². The van der Waals surface area contributed by atoms with Crippen molar-refractivity contribution < 1.29 is 17.6 Å². The van der Waals surface area contributed by atoms with Gasteiger partial charge in [0, 0.05) is 23.7 Å². The van der Waals surface area contributed by atoms with E-state index < -0.39 is 10.0 Å². The number of sulfonamides is 1. The number of carbonyl (C=O) groups is 1. The van der Waals surface area contributed by atoms with Gasteiger partial charge in [0.2, 0.25) is 10.0 Å². The van der Waals surface area contributed by atoms with Crippen molar-refractivity contribution in [3.05, 3.63) is 82.4 Å². The van der Waals surface area contributed by atoms with E-state index in [1.807, 2.05) is 0 Å². The van der Waals surface area contributed by atoms with Gasteiger partial charge < -0.3 is 0 Å². The molecule has 9 heteroatoms. The van der Waals surface area contributed by atoms with Crippen LogP contribution in [0.3, 0.4) is 0 Å². The molecule has 1 N–H and O–H groups in total. The molecule has 150 valence electrons. The van der Waals surface area contributed by atoms with Crippen LogP contribution in [0.2, 0.25) is 0 Å². The van der Waals surface area contributed by atoms with Crippen molar-refractivity contribution in [3.63, 3.8) is 0 Å². The minimum atomic E-state index is -3.80. The SMILES string of the molecule is CC(=O)c1ccc(S(=O)(=O)NCCn2nc(-c3ccc(F)cc3)ccc2=O)cc1. The zero-order chi connectivity index (χ0) is 21.0. The number of Topliss-reactive ketones (excluding diaryl/α,β-unsaturated/α-hetero) is 1. The molecular weight excluding hydrogens is 397 g/mol. The van der Waals surface area contributed by atoms with E-state index in [0.717, 1.165) is 4.68 Å². The second-order valence-corrected chi connectivity index (χ2v) is 8.03. The monoisotopic (exact) mass is 415 g/mol. The number of carbonyl (C=O) groups excluding carboxylic acids is 1. The largest absolute Gasteiger partial charge is 0.295 e. The van der Waals surface area contributed by atoms with Crippen LogP contribution in [0, 0.1) is 5.82 Å². The van der Waals surface area contributed by atoms with E-state index in [-0.39, 0.29) is 35.1 Å². The molecule has 0 unspecified atom stereocenters. The van der Waals surface area contributed by atoms with Crippen LogP contribution >= 0.6 is 0 Å². The zero-order valence-corrected chi connectivity index (χ0v) is 16.3. The highest BCUT2D eigenvalue weighted by Gasteiger charge is 2.14. The number of hydrogen-bond acceptors (Lipinski definition) is 5. The Labute approximate surface area is 166 Å². The van der Waals surface area contributed by atoms with Gasteiger partial charge in [-0.1, -0.05) is 12.1 Å². The number of aromatic nitrogens is 2. The third kappa shape index (κ3) is 5.01. The van der Waals surface area contributed by atoms with Crippen LogP contribution in [0.5, 0.6) is 0 Å². The van der Waals surface area contributed by atoms with Crippen LogP contribution in [-0.4, -0.2) is 30.5 Å². The summed E-state index contributed by atoms with van der Waals surface area (Å²) in [6, 6.07) is 14.1. The second-order valence-electron chi connectivity index (χ2n) is 6.27. The average Bonchev–Trinajstić information content (AvgIpc) is 2.70. The van der Waals surface area contributed by atoms with Crippen molar-refractivity contribution >= 4 is 15.8 Å². The minimum absolute atomic E-state index is 0.0125. The normalized spacial score (nSPS) is 11.4. The van der Waals surface area contributed by atoms with Crippen molar-refractivity contribution in [1.82, 2.24) is 14.5 Å². The molecule has 0 amide bonds. The summed E-state index contributed by atoms with van der Waals surface area (Å²) in [7, 11) is -3.80. The zero-order valence-electron chi connectivity index (χ0n) is 15.5. The lowest BCUT2D eigenvalue weighted by molar-refractivity contribution is 0.101. The fourth-order valence-electron chi connectivity index (χ4n) is 2.62. The molecule has 29 heavy (non-hydrogen) atoms. The van der Waals surface area contributed by atoms with Gasteiger partial charge in [-0.2, -0.15) is 5.10 Å². The van der Waals surface area contributed by atoms with E-state index in [1.54, 1.807) is 12.1 Å². The molecule has 0 bridgehead atoms. The summed E-state index contributed by atoms with van der Waals surface area (Å²) < 4.78 is 41.4. The summed E-state index contributed by atoms with van der Waals surface area (Å²) >= 11 is 0. The highest BCUT2D eigenvalue weighted by atomic mass is 32.2. The molecule has 0 radical (unpaired) electrons. The molecular formula is C20H18FN3O4S. The summed E-state index contributed by atoms with van der Waals surface area (Å²) in [5.41, 5.74) is 1.12. The Morgan fingerprint density at radius 2 is 1.69 bits per heavy atom. The van der Waals surface area contributed by atoms with E-state index in [2.05, 4.69) is 9.82 Å². The maximum atomic E-state index is 13.1. The summed E-state index contributed by atoms with van der Waals surface area (Å²) in [5.74, 6) is -0.541. The number of nitrogens with zero attached hydrogens (tertiary/aromatic N) is 2. The van der Waals surface area contributed by atoms with Gasteiger partial charge in [0.1, 0.15) is 5.82 Å². The summed E-state index contributed by atoms with van der Waals surface area (Å²) in [4.78, 5) is 23.3. The van der Waals surface area contributed by atoms with Crippen LogP contribution in [-0.2, 0) is 16.6 Å². The summed E-state index contributed by atoms with van der Waals surface area (Å²) in [6.07, 6.45) is 0. The Morgan fingerprint density at radius 1 is 1.03 bits per heavy atom. The fraction of sp³-hybridized carbons (Fsp3) is 0.150. The predicted octanol–water partition coefficient (Wildman–Crippen LogP) is 2.23. The fourth-order valence-corrected chi connectivity index (χ4v) is 3.64. The van der Waals surface area contributed by atoms with Gasteiger partial charge in [0.15, 0.2) is 5.78 Å². The highest BCUT2D eigenvalue weighted by molar-refractivity contribution is 7.89. The molecule has 1 heterocycles. The second kappa shape index (κ2) is 8.46. The van der Waals surface area contributed by atoms with Crippen molar-refractivity contribution in [2.75, 3.05) is 6.54 Å². The van der Waals surface area contributed by atoms with Gasteiger partial charge in [-0.05, 0) is 49.4 Å². The Hall–Kier alpha value is -3.17. The van der Waals surface area contributed by atoms with Crippen molar-refractivity contribution in [3.8, 4) is 11.3 Å². The Bertz CT molecular complexity index is 1190. The molecule has 0 atom stereocenters. The average molecular weight is 415 g/mol. The van der Waals surface area contributed by atoms with E-state index >= 15 is 0 Å². The first-order valence-corrected chi connectivity index (χ1v) is 10.2. The maximum Gasteiger partial charge on any atom is 0.266 e. The molecule has 3 rings (SSSR count). The molecule has 0 aliphatic rings. The van der Waals surface area contributed by atoms with Crippen molar-refractivity contribution in [2.24, 2.45) is 0 Å². The first-order valence-electron chi connectivity index (χ1n) is 8.71. The molecule has 0 fully saturated rings. The molecule has 3 aromatic rings. The van der Waals surface area contributed by atoms with Crippen LogP contribution in [0.25, 0.3) is 11.3 Å². The Morgan fingerprint density at radius 3 is 2.31 bits per heavy atom. The molecule has 0 aliphatic carbocycles. The number of halogens is 1. The molecule has 2 aromatic carbocycles. The Balaban J connectivity index is 1.71. The first kappa shape index (κ1) is 20.6. The van der Waals surface area contributed by atoms with E-state index in [4.69, 9.17) is 0 Å². The molecule has 0 aliphatic heterocycles. The Kier molecular flexibility index (Phi) is 6.00. The summed E-state index contributed by atoms with van der Waals surface area (Å²) in [6.45, 7) is 1.35. The van der Waals surface area contributed by atoms with Crippen LogP contribution in [0.1, 0.15) is 17.3 Å². The molecule has 0 saturated carbocycles. The number of benzene rings is 2. The molecule has 1 aromatic heterocycles. The van der Waals surface area contributed by atoms with Gasteiger partial charge in [-0.3, -0.25) is 9.59 Å². The van der Waals surface area contributed by atoms with Gasteiger partial charge in [-0.15, -0.1) is 0 Å². The van der Waals surface area contributed by atoms with Gasteiger partial charge in [0.05, 0.1) is 17.1 Å². The van der Waals surface area contributed by atoms with Crippen LogP contribution in [0.4, 0.5) is 4.39 Å². The van der Waals surface area contributed by atoms with Crippen LogP contribution in [0.15, 0.2) is 70.4 Å². The lowest BCUT2D eigenvalue weighted by Crippen LogP contribution is -2.32. The molecule has 7 nitrogen and oxygen atoms in total. The third-order valence-corrected chi connectivity index (χ3v) is 5.67. The lowest BCUT2D eigenvalue weighted by atomic mass is 10.1. The van der Waals surface area contributed by atoms with Crippen molar-refractivity contribution in [2.45, 2.75) is 18.4 Å². The van der Waals surface area contributed by atoms with Gasteiger partial charge in [0.25, 0.3) is 5.56 Å². The van der Waals surface area contributed by atoms with Crippen LogP contribution < -0.4 is 10.3 Å².